The Morgan fingerprint density at radius 1 is 0.557 bits per heavy atom. The quantitative estimate of drug-likeness (QED) is 0.0273. The molecule has 0 radical (unpaired) electrons. The fourth-order valence-corrected chi connectivity index (χ4v) is 8.46. The van der Waals surface area contributed by atoms with Crippen molar-refractivity contribution in [3.8, 4) is 0 Å². The van der Waals surface area contributed by atoms with E-state index >= 15 is 0 Å². The van der Waals surface area contributed by atoms with Crippen molar-refractivity contribution >= 4 is 13.7 Å². The highest BCUT2D eigenvalue weighted by Crippen LogP contribution is 2.38. The van der Waals surface area contributed by atoms with Crippen molar-refractivity contribution in [2.45, 2.75) is 264 Å². The third-order valence-corrected chi connectivity index (χ3v) is 12.9. The monoisotopic (exact) mass is 883 g/mol. The molecule has 0 bridgehead atoms. The molecule has 0 saturated heterocycles. The fourth-order valence-electron chi connectivity index (χ4n) is 7.74. The maximum atomic E-state index is 12.9. The minimum absolute atomic E-state index is 0.00121. The molecule has 61 heavy (non-hydrogen) atoms. The molecule has 0 aliphatic rings. The van der Waals surface area contributed by atoms with Crippen LogP contribution in [-0.2, 0) is 18.4 Å². The number of carbonyl (C=O) groups excluding carboxylic acids is 1. The van der Waals surface area contributed by atoms with Gasteiger partial charge in [-0.15, -0.1) is 0 Å². The SMILES string of the molecule is CCCCCCCC/C=C\CCCCCCCC(=O)NC(COP(=O)([O-])OCC[N+](C)(C)C)C(O)/C=C/CCCCCCCCCCCCCCCCCCCCCCCC. The zero-order valence-corrected chi connectivity index (χ0v) is 42.0. The number of nitrogens with one attached hydrogen (secondary N) is 1. The number of unbranched alkanes of at least 4 members (excludes halogenated alkanes) is 33. The summed E-state index contributed by atoms with van der Waals surface area (Å²) in [5, 5.41) is 13.8. The zero-order valence-electron chi connectivity index (χ0n) is 41.1. The minimum atomic E-state index is -4.59. The molecule has 9 heteroatoms. The fraction of sp³-hybridized carbons (Fsp3) is 0.904. The Morgan fingerprint density at radius 3 is 1.28 bits per heavy atom. The van der Waals surface area contributed by atoms with Crippen LogP contribution >= 0.6 is 7.82 Å². The Morgan fingerprint density at radius 2 is 0.902 bits per heavy atom. The summed E-state index contributed by atoms with van der Waals surface area (Å²) in [6, 6.07) is -0.888. The molecular formula is C52H103N2O6P. The number of likely N-dealkylation sites (N-methyl/N-ethyl adjacent to an activating group) is 1. The standard InChI is InChI=1S/C52H103N2O6P/c1-6-8-10-12-14-16-18-20-22-23-24-25-26-27-28-29-30-32-33-35-37-39-41-43-45-51(55)50(49-60-61(57,58)59-48-47-54(3,4)5)53-52(56)46-44-42-40-38-36-34-31-21-19-17-15-13-11-9-7-2/h21,31,43,45,50-51,55H,6-20,22-30,32-42,44,46-49H2,1-5H3,(H-,53,56,57,58)/b31-21-,45-43+. The summed E-state index contributed by atoms with van der Waals surface area (Å²) in [7, 11) is 1.26. The average molecular weight is 883 g/mol. The highest BCUT2D eigenvalue weighted by molar-refractivity contribution is 7.45. The van der Waals surface area contributed by atoms with E-state index in [1.165, 1.54) is 180 Å². The minimum Gasteiger partial charge on any atom is -0.756 e. The second-order valence-electron chi connectivity index (χ2n) is 19.2. The van der Waals surface area contributed by atoms with Gasteiger partial charge in [-0.05, 0) is 44.9 Å². The largest absolute Gasteiger partial charge is 0.756 e. The molecule has 362 valence electrons. The number of hydrogen-bond acceptors (Lipinski definition) is 6. The summed E-state index contributed by atoms with van der Waals surface area (Å²) < 4.78 is 23.3. The first-order valence-corrected chi connectivity index (χ1v) is 27.7. The third-order valence-electron chi connectivity index (χ3n) is 11.9. The predicted molar refractivity (Wildman–Crippen MR) is 261 cm³/mol. The summed E-state index contributed by atoms with van der Waals surface area (Å²) in [6.45, 7) is 4.66. The predicted octanol–water partition coefficient (Wildman–Crippen LogP) is 14.6. The van der Waals surface area contributed by atoms with Gasteiger partial charge in [0.1, 0.15) is 13.2 Å². The first kappa shape index (κ1) is 60.0. The van der Waals surface area contributed by atoms with Gasteiger partial charge in [0.25, 0.3) is 7.82 Å². The van der Waals surface area contributed by atoms with Gasteiger partial charge in [0.05, 0.1) is 39.9 Å². The van der Waals surface area contributed by atoms with Gasteiger partial charge in [-0.25, -0.2) is 0 Å². The number of aliphatic hydroxyl groups is 1. The van der Waals surface area contributed by atoms with Gasteiger partial charge in [0.15, 0.2) is 0 Å². The lowest BCUT2D eigenvalue weighted by atomic mass is 10.0. The van der Waals surface area contributed by atoms with E-state index in [4.69, 9.17) is 9.05 Å². The number of aliphatic hydroxyl groups excluding tert-OH is 1. The van der Waals surface area contributed by atoms with Crippen LogP contribution in [0, 0.1) is 0 Å². The molecule has 0 aromatic rings. The molecule has 0 aromatic carbocycles. The molecule has 0 rings (SSSR count). The van der Waals surface area contributed by atoms with Gasteiger partial charge < -0.3 is 28.8 Å². The molecule has 2 N–H and O–H groups in total. The van der Waals surface area contributed by atoms with Crippen LogP contribution in [0.4, 0.5) is 0 Å². The number of phosphoric acid groups is 1. The second-order valence-corrected chi connectivity index (χ2v) is 20.6. The number of rotatable bonds is 48. The van der Waals surface area contributed by atoms with Gasteiger partial charge in [-0.2, -0.15) is 0 Å². The van der Waals surface area contributed by atoms with Crippen LogP contribution < -0.4 is 10.2 Å². The Kier molecular flexibility index (Phi) is 43.5. The summed E-state index contributed by atoms with van der Waals surface area (Å²) >= 11 is 0. The van der Waals surface area contributed by atoms with Crippen molar-refractivity contribution in [2.24, 2.45) is 0 Å². The molecule has 3 unspecified atom stereocenters. The number of allylic oxidation sites excluding steroid dienone is 3. The molecule has 0 spiro atoms. The van der Waals surface area contributed by atoms with Gasteiger partial charge in [0, 0.05) is 6.42 Å². The summed E-state index contributed by atoms with van der Waals surface area (Å²) in [4.78, 5) is 25.4. The number of quaternary nitrogens is 1. The Bertz CT molecular complexity index is 1050. The first-order chi connectivity index (χ1) is 29.5. The zero-order chi connectivity index (χ0) is 45.0. The van der Waals surface area contributed by atoms with Crippen LogP contribution in [0.5, 0.6) is 0 Å². The average Bonchev–Trinajstić information content (AvgIpc) is 3.21. The van der Waals surface area contributed by atoms with E-state index in [0.29, 0.717) is 17.4 Å². The van der Waals surface area contributed by atoms with Crippen molar-refractivity contribution in [3.63, 3.8) is 0 Å². The number of hydrogen-bond donors (Lipinski definition) is 2. The van der Waals surface area contributed by atoms with E-state index in [-0.39, 0.29) is 19.1 Å². The Hall–Kier alpha value is -1.02. The Labute approximate surface area is 379 Å². The smallest absolute Gasteiger partial charge is 0.268 e. The second kappa shape index (κ2) is 44.2. The maximum absolute atomic E-state index is 12.9. The number of nitrogens with zero attached hydrogens (tertiary/aromatic N) is 1. The van der Waals surface area contributed by atoms with E-state index in [0.717, 1.165) is 51.4 Å². The van der Waals surface area contributed by atoms with Gasteiger partial charge in [0.2, 0.25) is 5.91 Å². The van der Waals surface area contributed by atoms with E-state index in [9.17, 15) is 19.4 Å². The van der Waals surface area contributed by atoms with Crippen LogP contribution in [0.2, 0.25) is 0 Å². The first-order valence-electron chi connectivity index (χ1n) is 26.2. The number of phosphoric ester groups is 1. The van der Waals surface area contributed by atoms with Crippen molar-refractivity contribution in [2.75, 3.05) is 40.9 Å². The van der Waals surface area contributed by atoms with Gasteiger partial charge in [-0.1, -0.05) is 224 Å². The van der Waals surface area contributed by atoms with Crippen LogP contribution in [0.25, 0.3) is 0 Å². The molecule has 0 fully saturated rings. The number of amides is 1. The maximum Gasteiger partial charge on any atom is 0.268 e. The molecule has 0 heterocycles. The van der Waals surface area contributed by atoms with Crippen LogP contribution in [0.15, 0.2) is 24.3 Å². The van der Waals surface area contributed by atoms with Crippen LogP contribution in [-0.4, -0.2) is 68.5 Å². The summed E-state index contributed by atoms with van der Waals surface area (Å²) in [5.41, 5.74) is 0. The van der Waals surface area contributed by atoms with Crippen molar-refractivity contribution in [1.82, 2.24) is 5.32 Å². The van der Waals surface area contributed by atoms with E-state index in [1.807, 2.05) is 27.2 Å². The molecule has 1 amide bonds. The third kappa shape index (κ3) is 46.8. The van der Waals surface area contributed by atoms with Crippen LogP contribution in [0.1, 0.15) is 251 Å². The molecule has 0 aliphatic carbocycles. The molecule has 0 aliphatic heterocycles. The number of carbonyl (C=O) groups is 1. The lowest BCUT2D eigenvalue weighted by molar-refractivity contribution is -0.870. The summed E-state index contributed by atoms with van der Waals surface area (Å²) in [6.07, 6.45) is 53.8. The Balaban J connectivity index is 4.25. The van der Waals surface area contributed by atoms with Gasteiger partial charge in [-0.3, -0.25) is 9.36 Å². The van der Waals surface area contributed by atoms with E-state index in [2.05, 4.69) is 31.3 Å². The lowest BCUT2D eigenvalue weighted by Gasteiger charge is -2.29. The van der Waals surface area contributed by atoms with Crippen molar-refractivity contribution in [1.29, 1.82) is 0 Å². The van der Waals surface area contributed by atoms with E-state index < -0.39 is 20.0 Å². The molecule has 8 nitrogen and oxygen atoms in total. The molecule has 3 atom stereocenters. The topological polar surface area (TPSA) is 108 Å². The lowest BCUT2D eigenvalue weighted by Crippen LogP contribution is -2.45. The van der Waals surface area contributed by atoms with Crippen molar-refractivity contribution < 1.29 is 32.9 Å². The normalized spacial score (nSPS) is 14.3. The van der Waals surface area contributed by atoms with Gasteiger partial charge >= 0.3 is 0 Å². The molecular weight excluding hydrogens is 780 g/mol. The molecule has 0 aromatic heterocycles. The summed E-state index contributed by atoms with van der Waals surface area (Å²) in [5.74, 6) is -0.204. The molecule has 0 saturated carbocycles. The highest BCUT2D eigenvalue weighted by Gasteiger charge is 2.23. The highest BCUT2D eigenvalue weighted by atomic mass is 31.2. The van der Waals surface area contributed by atoms with E-state index in [1.54, 1.807) is 6.08 Å². The van der Waals surface area contributed by atoms with Crippen LogP contribution in [0.3, 0.4) is 0 Å². The van der Waals surface area contributed by atoms with Crippen molar-refractivity contribution in [3.05, 3.63) is 24.3 Å².